The van der Waals surface area contributed by atoms with Gasteiger partial charge in [-0.15, -0.1) is 0 Å². The number of aryl methyl sites for hydroxylation is 1. The number of nitrogens with zero attached hydrogens (tertiary/aromatic N) is 3. The van der Waals surface area contributed by atoms with E-state index in [0.717, 1.165) is 28.2 Å². The number of nitriles is 1. The molecule has 2 heterocycles. The monoisotopic (exact) mass is 299 g/mol. The lowest BCUT2D eigenvalue weighted by molar-refractivity contribution is 0.954. The first kappa shape index (κ1) is 14.8. The second kappa shape index (κ2) is 6.33. The summed E-state index contributed by atoms with van der Waals surface area (Å²) in [5, 5.41) is 9.49. The maximum absolute atomic E-state index is 9.49. The number of hydrogen-bond donors (Lipinski definition) is 0. The van der Waals surface area contributed by atoms with Gasteiger partial charge < -0.3 is 4.57 Å². The fourth-order valence-corrected chi connectivity index (χ4v) is 2.77. The predicted octanol–water partition coefficient (Wildman–Crippen LogP) is 4.55. The molecule has 1 aromatic carbocycles. The minimum absolute atomic E-state index is 0.664. The van der Waals surface area contributed by atoms with Crippen molar-refractivity contribution in [1.82, 2.24) is 9.55 Å². The Hall–Kier alpha value is -3.12. The van der Waals surface area contributed by atoms with Crippen LogP contribution < -0.4 is 0 Å². The summed E-state index contributed by atoms with van der Waals surface area (Å²) in [4.78, 5) is 4.19. The lowest BCUT2D eigenvalue weighted by atomic mass is 10.0. The zero-order chi connectivity index (χ0) is 16.2. The standard InChI is InChI=1S/C20H17N3/c1-15-11-18(12-19(13-21)17-7-4-3-5-8-17)16(2)23(15)20-9-6-10-22-14-20/h3-12,14H,1-2H3. The van der Waals surface area contributed by atoms with Crippen LogP contribution in [0.1, 0.15) is 22.5 Å². The van der Waals surface area contributed by atoms with Crippen molar-refractivity contribution >= 4 is 11.6 Å². The minimum atomic E-state index is 0.664. The highest BCUT2D eigenvalue weighted by Crippen LogP contribution is 2.24. The maximum atomic E-state index is 9.49. The van der Waals surface area contributed by atoms with Crippen molar-refractivity contribution in [2.24, 2.45) is 0 Å². The van der Waals surface area contributed by atoms with Gasteiger partial charge in [0, 0.05) is 17.6 Å². The van der Waals surface area contributed by atoms with Crippen molar-refractivity contribution in [1.29, 1.82) is 5.26 Å². The summed E-state index contributed by atoms with van der Waals surface area (Å²) < 4.78 is 2.15. The van der Waals surface area contributed by atoms with Crippen molar-refractivity contribution in [2.45, 2.75) is 13.8 Å². The first-order chi connectivity index (χ1) is 11.2. The summed E-state index contributed by atoms with van der Waals surface area (Å²) in [6.45, 7) is 4.12. The Morgan fingerprint density at radius 3 is 2.57 bits per heavy atom. The van der Waals surface area contributed by atoms with Crippen LogP contribution in [-0.2, 0) is 0 Å². The lowest BCUT2D eigenvalue weighted by Gasteiger charge is -2.08. The van der Waals surface area contributed by atoms with Gasteiger partial charge in [0.2, 0.25) is 0 Å². The van der Waals surface area contributed by atoms with Gasteiger partial charge in [-0.25, -0.2) is 0 Å². The largest absolute Gasteiger partial charge is 0.316 e. The molecule has 0 N–H and O–H groups in total. The van der Waals surface area contributed by atoms with Crippen LogP contribution in [-0.4, -0.2) is 9.55 Å². The predicted molar refractivity (Wildman–Crippen MR) is 93.0 cm³/mol. The molecule has 0 fully saturated rings. The van der Waals surface area contributed by atoms with E-state index in [4.69, 9.17) is 0 Å². The zero-order valence-electron chi connectivity index (χ0n) is 13.2. The van der Waals surface area contributed by atoms with E-state index >= 15 is 0 Å². The highest BCUT2D eigenvalue weighted by molar-refractivity contribution is 5.90. The number of rotatable bonds is 3. The summed E-state index contributed by atoms with van der Waals surface area (Å²) >= 11 is 0. The third-order valence-corrected chi connectivity index (χ3v) is 3.88. The van der Waals surface area contributed by atoms with Gasteiger partial charge in [-0.1, -0.05) is 30.3 Å². The van der Waals surface area contributed by atoms with E-state index in [1.165, 1.54) is 0 Å². The second-order valence-corrected chi connectivity index (χ2v) is 5.41. The topological polar surface area (TPSA) is 41.6 Å². The summed E-state index contributed by atoms with van der Waals surface area (Å²) in [6, 6.07) is 18.1. The molecule has 112 valence electrons. The van der Waals surface area contributed by atoms with Gasteiger partial charge in [-0.3, -0.25) is 4.98 Å². The molecule has 3 aromatic rings. The van der Waals surface area contributed by atoms with Gasteiger partial charge >= 0.3 is 0 Å². The summed E-state index contributed by atoms with van der Waals surface area (Å²) in [6.07, 6.45) is 5.56. The molecule has 3 heteroatoms. The first-order valence-corrected chi connectivity index (χ1v) is 7.47. The summed E-state index contributed by atoms with van der Waals surface area (Å²) in [5.41, 5.74) is 5.89. The average Bonchev–Trinajstić information content (AvgIpc) is 2.88. The van der Waals surface area contributed by atoms with Gasteiger partial charge in [-0.2, -0.15) is 5.26 Å². The molecule has 2 aromatic heterocycles. The molecule has 0 amide bonds. The van der Waals surface area contributed by atoms with Gasteiger partial charge in [0.25, 0.3) is 0 Å². The molecule has 23 heavy (non-hydrogen) atoms. The third kappa shape index (κ3) is 2.93. The Kier molecular flexibility index (Phi) is 4.07. The van der Waals surface area contributed by atoms with Crippen LogP contribution in [0, 0.1) is 25.2 Å². The van der Waals surface area contributed by atoms with E-state index < -0.39 is 0 Å². The number of benzene rings is 1. The van der Waals surface area contributed by atoms with E-state index in [1.807, 2.05) is 54.7 Å². The van der Waals surface area contributed by atoms with E-state index in [0.29, 0.717) is 5.57 Å². The zero-order valence-corrected chi connectivity index (χ0v) is 13.2. The van der Waals surface area contributed by atoms with E-state index in [9.17, 15) is 5.26 Å². The molecule has 0 bridgehead atoms. The summed E-state index contributed by atoms with van der Waals surface area (Å²) in [5.74, 6) is 0. The molecule has 0 saturated heterocycles. The first-order valence-electron chi connectivity index (χ1n) is 7.47. The van der Waals surface area contributed by atoms with Crippen LogP contribution in [0.15, 0.2) is 60.9 Å². The molecule has 0 atom stereocenters. The van der Waals surface area contributed by atoms with Crippen LogP contribution in [0.25, 0.3) is 17.3 Å². The minimum Gasteiger partial charge on any atom is -0.316 e. The lowest BCUT2D eigenvalue weighted by Crippen LogP contribution is -1.99. The van der Waals surface area contributed by atoms with Crippen molar-refractivity contribution < 1.29 is 0 Å². The molecular weight excluding hydrogens is 282 g/mol. The average molecular weight is 299 g/mol. The van der Waals surface area contributed by atoms with E-state index in [1.54, 1.807) is 6.20 Å². The Labute approximate surface area is 136 Å². The normalized spacial score (nSPS) is 11.3. The molecule has 0 spiro atoms. The molecule has 0 aliphatic carbocycles. The molecule has 0 radical (unpaired) electrons. The molecule has 3 nitrogen and oxygen atoms in total. The fourth-order valence-electron chi connectivity index (χ4n) is 2.77. The molecular formula is C20H17N3. The molecule has 0 aliphatic rings. The van der Waals surface area contributed by atoms with Crippen LogP contribution in [0.2, 0.25) is 0 Å². The van der Waals surface area contributed by atoms with Gasteiger partial charge in [0.05, 0.1) is 23.5 Å². The van der Waals surface area contributed by atoms with Crippen molar-refractivity contribution in [3.63, 3.8) is 0 Å². The SMILES string of the molecule is Cc1cc(C=C(C#N)c2ccccc2)c(C)n1-c1cccnc1. The van der Waals surface area contributed by atoms with Crippen LogP contribution >= 0.6 is 0 Å². The maximum Gasteiger partial charge on any atom is 0.0998 e. The van der Waals surface area contributed by atoms with E-state index in [-0.39, 0.29) is 0 Å². The fraction of sp³-hybridized carbons (Fsp3) is 0.100. The highest BCUT2D eigenvalue weighted by Gasteiger charge is 2.10. The van der Waals surface area contributed by atoms with Gasteiger partial charge in [-0.05, 0) is 49.2 Å². The number of hydrogen-bond acceptors (Lipinski definition) is 2. The summed E-state index contributed by atoms with van der Waals surface area (Å²) in [7, 11) is 0. The number of allylic oxidation sites excluding steroid dienone is 1. The molecule has 0 unspecified atom stereocenters. The molecule has 0 saturated carbocycles. The van der Waals surface area contributed by atoms with Crippen molar-refractivity contribution in [2.75, 3.05) is 0 Å². The van der Waals surface area contributed by atoms with Crippen molar-refractivity contribution in [3.8, 4) is 11.8 Å². The Bertz CT molecular complexity index is 882. The molecule has 0 aliphatic heterocycles. The van der Waals surface area contributed by atoms with Crippen molar-refractivity contribution in [3.05, 3.63) is 83.4 Å². The molecule has 3 rings (SSSR count). The van der Waals surface area contributed by atoms with Crippen LogP contribution in [0.5, 0.6) is 0 Å². The Morgan fingerprint density at radius 2 is 1.91 bits per heavy atom. The number of aromatic nitrogens is 2. The van der Waals surface area contributed by atoms with E-state index in [2.05, 4.69) is 35.5 Å². The van der Waals surface area contributed by atoms with Crippen LogP contribution in [0.4, 0.5) is 0 Å². The Balaban J connectivity index is 2.09. The third-order valence-electron chi connectivity index (χ3n) is 3.88. The van der Waals surface area contributed by atoms with Gasteiger partial charge in [0.1, 0.15) is 0 Å². The Morgan fingerprint density at radius 1 is 1.13 bits per heavy atom. The highest BCUT2D eigenvalue weighted by atomic mass is 15.0. The van der Waals surface area contributed by atoms with Crippen LogP contribution in [0.3, 0.4) is 0 Å². The van der Waals surface area contributed by atoms with Gasteiger partial charge in [0.15, 0.2) is 0 Å². The number of pyridine rings is 1. The second-order valence-electron chi connectivity index (χ2n) is 5.41. The smallest absolute Gasteiger partial charge is 0.0998 e. The quantitative estimate of drug-likeness (QED) is 0.666.